The number of para-hydroxylation sites is 1. The minimum atomic E-state index is -0.561. The summed E-state index contributed by atoms with van der Waals surface area (Å²) in [6, 6.07) is 11.7. The van der Waals surface area contributed by atoms with E-state index in [1.165, 1.54) is 4.57 Å². The van der Waals surface area contributed by atoms with Crippen molar-refractivity contribution in [1.82, 2.24) is 25.2 Å². The number of fused-ring (bicyclic) bond motifs is 1. The molecule has 0 aliphatic carbocycles. The predicted octanol–water partition coefficient (Wildman–Crippen LogP) is 2.11. The Hall–Kier alpha value is -3.20. The number of nitrogens with zero attached hydrogens (tertiary/aromatic N) is 3. The number of benzene rings is 1. The van der Waals surface area contributed by atoms with Crippen molar-refractivity contribution < 1.29 is 9.59 Å². The van der Waals surface area contributed by atoms with E-state index >= 15 is 0 Å². The predicted molar refractivity (Wildman–Crippen MR) is 108 cm³/mol. The van der Waals surface area contributed by atoms with E-state index in [9.17, 15) is 14.4 Å². The van der Waals surface area contributed by atoms with Gasteiger partial charge in [0.25, 0.3) is 5.56 Å². The van der Waals surface area contributed by atoms with Crippen LogP contribution in [0.25, 0.3) is 16.7 Å². The lowest BCUT2D eigenvalue weighted by atomic mass is 10.3. The third-order valence-corrected chi connectivity index (χ3v) is 4.57. The van der Waals surface area contributed by atoms with Crippen LogP contribution in [-0.2, 0) is 4.79 Å². The van der Waals surface area contributed by atoms with Gasteiger partial charge in [0, 0.05) is 12.2 Å². The van der Waals surface area contributed by atoms with Crippen molar-refractivity contribution in [3.8, 4) is 5.69 Å². The average molecular weight is 397 g/mol. The zero-order valence-corrected chi connectivity index (χ0v) is 16.2. The number of carbonyl (C=O) groups is 2. The monoisotopic (exact) mass is 397 g/mol. The number of amides is 3. The third kappa shape index (κ3) is 4.55. The Balaban J connectivity index is 1.91. The van der Waals surface area contributed by atoms with Crippen molar-refractivity contribution in [1.29, 1.82) is 0 Å². The van der Waals surface area contributed by atoms with E-state index in [0.717, 1.165) is 11.8 Å². The molecular formula is C19H19N5O3S. The molecule has 0 radical (unpaired) electrons. The molecule has 2 heterocycles. The smallest absolute Gasteiger partial charge is 0.321 e. The Morgan fingerprint density at radius 1 is 1.14 bits per heavy atom. The van der Waals surface area contributed by atoms with E-state index in [1.54, 1.807) is 44.3 Å². The van der Waals surface area contributed by atoms with E-state index in [0.29, 0.717) is 21.9 Å². The number of imide groups is 1. The topological polar surface area (TPSA) is 106 Å². The molecule has 0 spiro atoms. The maximum absolute atomic E-state index is 13.0. The second-order valence-electron chi connectivity index (χ2n) is 6.21. The molecule has 0 bridgehead atoms. The fourth-order valence-corrected chi connectivity index (χ4v) is 3.29. The maximum Gasteiger partial charge on any atom is 0.321 e. The number of nitrogens with one attached hydrogen (secondary N) is 2. The summed E-state index contributed by atoms with van der Waals surface area (Å²) in [7, 11) is 0. The van der Waals surface area contributed by atoms with Gasteiger partial charge in [-0.05, 0) is 38.1 Å². The van der Waals surface area contributed by atoms with Crippen LogP contribution in [0.15, 0.2) is 58.6 Å². The largest absolute Gasteiger partial charge is 0.336 e. The van der Waals surface area contributed by atoms with Crippen molar-refractivity contribution in [3.63, 3.8) is 0 Å². The van der Waals surface area contributed by atoms with Crippen LogP contribution >= 0.6 is 11.8 Å². The van der Waals surface area contributed by atoms with Gasteiger partial charge >= 0.3 is 6.03 Å². The first kappa shape index (κ1) is 19.6. The Bertz CT molecular complexity index is 1070. The summed E-state index contributed by atoms with van der Waals surface area (Å²) in [5.74, 6) is -0.568. The molecule has 8 nitrogen and oxygen atoms in total. The van der Waals surface area contributed by atoms with Crippen molar-refractivity contribution in [2.75, 3.05) is 5.75 Å². The molecule has 9 heteroatoms. The molecule has 0 atom stereocenters. The van der Waals surface area contributed by atoms with Crippen LogP contribution in [0, 0.1) is 0 Å². The number of rotatable bonds is 5. The standard InChI is InChI=1S/C19H19N5O3S/c1-12(2)21-18(27)22-15(25)11-28-19-23-16-14(9-6-10-20-16)17(26)24(19)13-7-4-3-5-8-13/h3-10,12H,11H2,1-2H3,(H2,21,22,25,27). The zero-order valence-electron chi connectivity index (χ0n) is 15.4. The van der Waals surface area contributed by atoms with Gasteiger partial charge in [-0.25, -0.2) is 14.8 Å². The first-order chi connectivity index (χ1) is 13.5. The van der Waals surface area contributed by atoms with Crippen LogP contribution in [0.1, 0.15) is 13.8 Å². The van der Waals surface area contributed by atoms with Crippen molar-refractivity contribution in [2.24, 2.45) is 0 Å². The van der Waals surface area contributed by atoms with Crippen LogP contribution in [-0.4, -0.2) is 38.3 Å². The van der Waals surface area contributed by atoms with Crippen LogP contribution in [0.2, 0.25) is 0 Å². The van der Waals surface area contributed by atoms with Gasteiger partial charge in [-0.1, -0.05) is 30.0 Å². The zero-order chi connectivity index (χ0) is 20.1. The van der Waals surface area contributed by atoms with Gasteiger partial charge in [0.2, 0.25) is 5.91 Å². The Morgan fingerprint density at radius 2 is 1.89 bits per heavy atom. The molecule has 3 aromatic rings. The van der Waals surface area contributed by atoms with E-state index in [4.69, 9.17) is 0 Å². The first-order valence-electron chi connectivity index (χ1n) is 8.62. The molecule has 3 amide bonds. The first-order valence-corrected chi connectivity index (χ1v) is 9.60. The molecule has 0 saturated carbocycles. The van der Waals surface area contributed by atoms with Crippen LogP contribution in [0.5, 0.6) is 0 Å². The van der Waals surface area contributed by atoms with E-state index < -0.39 is 11.9 Å². The number of thioether (sulfide) groups is 1. The SMILES string of the molecule is CC(C)NC(=O)NC(=O)CSc1nc2ncccc2c(=O)n1-c1ccccc1. The van der Waals surface area contributed by atoms with Gasteiger partial charge in [0.05, 0.1) is 16.8 Å². The highest BCUT2D eigenvalue weighted by atomic mass is 32.2. The lowest BCUT2D eigenvalue weighted by Gasteiger charge is -2.13. The lowest BCUT2D eigenvalue weighted by molar-refractivity contribution is -0.117. The molecule has 2 aromatic heterocycles. The number of aromatic nitrogens is 3. The summed E-state index contributed by atoms with van der Waals surface area (Å²) >= 11 is 1.06. The number of pyridine rings is 1. The molecule has 0 fully saturated rings. The summed E-state index contributed by atoms with van der Waals surface area (Å²) in [5.41, 5.74) is 0.663. The summed E-state index contributed by atoms with van der Waals surface area (Å²) < 4.78 is 1.44. The minimum absolute atomic E-state index is 0.0802. The number of hydrogen-bond donors (Lipinski definition) is 2. The lowest BCUT2D eigenvalue weighted by Crippen LogP contribution is -2.43. The molecule has 3 rings (SSSR count). The summed E-state index contributed by atoms with van der Waals surface area (Å²) in [5, 5.41) is 5.54. The van der Waals surface area contributed by atoms with Crippen LogP contribution in [0.4, 0.5) is 4.79 Å². The van der Waals surface area contributed by atoms with Crippen LogP contribution in [0.3, 0.4) is 0 Å². The third-order valence-electron chi connectivity index (χ3n) is 3.63. The number of hydrogen-bond acceptors (Lipinski definition) is 6. The second-order valence-corrected chi connectivity index (χ2v) is 7.15. The summed E-state index contributed by atoms with van der Waals surface area (Å²) in [4.78, 5) is 45.3. The molecule has 0 aliphatic heterocycles. The molecule has 1 aromatic carbocycles. The molecular weight excluding hydrogens is 378 g/mol. The fourth-order valence-electron chi connectivity index (χ4n) is 2.49. The highest BCUT2D eigenvalue weighted by Gasteiger charge is 2.16. The Kier molecular flexibility index (Phi) is 6.05. The molecule has 0 saturated heterocycles. The summed E-state index contributed by atoms with van der Waals surface area (Å²) in [6.45, 7) is 3.59. The van der Waals surface area contributed by atoms with Crippen molar-refractivity contribution in [3.05, 3.63) is 59.0 Å². The Labute approximate surface area is 165 Å². The van der Waals surface area contributed by atoms with E-state index in [-0.39, 0.29) is 17.4 Å². The van der Waals surface area contributed by atoms with Crippen LogP contribution < -0.4 is 16.2 Å². The molecule has 144 valence electrons. The molecule has 0 unspecified atom stereocenters. The average Bonchev–Trinajstić information content (AvgIpc) is 2.66. The highest BCUT2D eigenvalue weighted by molar-refractivity contribution is 7.99. The van der Waals surface area contributed by atoms with Gasteiger partial charge in [0.15, 0.2) is 10.8 Å². The minimum Gasteiger partial charge on any atom is -0.336 e. The Morgan fingerprint density at radius 3 is 2.61 bits per heavy atom. The maximum atomic E-state index is 13.0. The fraction of sp³-hybridized carbons (Fsp3) is 0.211. The second kappa shape index (κ2) is 8.66. The molecule has 28 heavy (non-hydrogen) atoms. The van der Waals surface area contributed by atoms with Gasteiger partial charge in [-0.2, -0.15) is 0 Å². The summed E-state index contributed by atoms with van der Waals surface area (Å²) in [6.07, 6.45) is 1.55. The van der Waals surface area contributed by atoms with E-state index in [2.05, 4.69) is 20.6 Å². The van der Waals surface area contributed by atoms with Gasteiger partial charge in [-0.15, -0.1) is 0 Å². The van der Waals surface area contributed by atoms with Gasteiger partial charge < -0.3 is 5.32 Å². The van der Waals surface area contributed by atoms with Gasteiger partial charge in [-0.3, -0.25) is 19.5 Å². The van der Waals surface area contributed by atoms with Gasteiger partial charge in [0.1, 0.15) is 0 Å². The van der Waals surface area contributed by atoms with Crippen molar-refractivity contribution in [2.45, 2.75) is 25.0 Å². The van der Waals surface area contributed by atoms with E-state index in [1.807, 2.05) is 18.2 Å². The number of carbonyl (C=O) groups excluding carboxylic acids is 2. The molecule has 2 N–H and O–H groups in total. The highest BCUT2D eigenvalue weighted by Crippen LogP contribution is 2.20. The number of urea groups is 1. The molecule has 0 aliphatic rings. The quantitative estimate of drug-likeness (QED) is 0.505. The normalized spacial score (nSPS) is 10.8. The van der Waals surface area contributed by atoms with Crippen molar-refractivity contribution >= 4 is 34.7 Å².